The van der Waals surface area contributed by atoms with Crippen molar-refractivity contribution in [2.24, 2.45) is 0 Å². The molecule has 4 nitrogen and oxygen atoms in total. The van der Waals surface area contributed by atoms with E-state index in [0.717, 1.165) is 29.0 Å². The van der Waals surface area contributed by atoms with E-state index >= 15 is 0 Å². The van der Waals surface area contributed by atoms with E-state index in [2.05, 4.69) is 0 Å². The molecular formula is C17H20O4. The number of hydrogen-bond donors (Lipinski definition) is 0. The SMILES string of the molecule is CCOc1cc2c(cc1C1CC(=O)CC(=O)C1)OC(C)C2. The highest BCUT2D eigenvalue weighted by molar-refractivity contribution is 6.02. The maximum Gasteiger partial charge on any atom is 0.140 e. The van der Waals surface area contributed by atoms with E-state index in [4.69, 9.17) is 9.47 Å². The van der Waals surface area contributed by atoms with E-state index in [0.29, 0.717) is 19.4 Å². The lowest BCUT2D eigenvalue weighted by Crippen LogP contribution is -2.21. The molecule has 0 N–H and O–H groups in total. The van der Waals surface area contributed by atoms with Crippen molar-refractivity contribution in [3.63, 3.8) is 0 Å². The molecule has 2 aliphatic rings. The van der Waals surface area contributed by atoms with Crippen LogP contribution in [0.1, 0.15) is 50.2 Å². The van der Waals surface area contributed by atoms with Crippen LogP contribution in [0.5, 0.6) is 11.5 Å². The van der Waals surface area contributed by atoms with Crippen molar-refractivity contribution in [1.82, 2.24) is 0 Å². The molecule has 1 heterocycles. The average molecular weight is 288 g/mol. The predicted molar refractivity (Wildman–Crippen MR) is 78.0 cm³/mol. The molecule has 3 rings (SSSR count). The molecule has 1 aromatic rings. The van der Waals surface area contributed by atoms with E-state index in [1.54, 1.807) is 0 Å². The van der Waals surface area contributed by atoms with Crippen molar-refractivity contribution in [2.75, 3.05) is 6.61 Å². The molecule has 112 valence electrons. The molecule has 0 saturated heterocycles. The van der Waals surface area contributed by atoms with Gasteiger partial charge in [0, 0.05) is 36.3 Å². The lowest BCUT2D eigenvalue weighted by Gasteiger charge is -2.23. The molecule has 4 heteroatoms. The molecule has 1 saturated carbocycles. The number of carbonyl (C=O) groups excluding carboxylic acids is 2. The molecule has 1 aliphatic carbocycles. The highest BCUT2D eigenvalue weighted by atomic mass is 16.5. The molecule has 21 heavy (non-hydrogen) atoms. The van der Waals surface area contributed by atoms with Crippen LogP contribution in [0.25, 0.3) is 0 Å². The number of rotatable bonds is 3. The van der Waals surface area contributed by atoms with Gasteiger partial charge in [-0.3, -0.25) is 9.59 Å². The Morgan fingerprint density at radius 1 is 1.19 bits per heavy atom. The first-order chi connectivity index (χ1) is 10.1. The molecule has 1 fully saturated rings. The van der Waals surface area contributed by atoms with Gasteiger partial charge < -0.3 is 9.47 Å². The average Bonchev–Trinajstić information content (AvgIpc) is 2.76. The Balaban J connectivity index is 1.98. The number of carbonyl (C=O) groups is 2. The summed E-state index contributed by atoms with van der Waals surface area (Å²) in [7, 11) is 0. The third-order valence-electron chi connectivity index (χ3n) is 4.11. The van der Waals surface area contributed by atoms with Crippen LogP contribution in [0, 0.1) is 0 Å². The van der Waals surface area contributed by atoms with Crippen molar-refractivity contribution >= 4 is 11.6 Å². The summed E-state index contributed by atoms with van der Waals surface area (Å²) in [6.45, 7) is 4.54. The molecule has 0 amide bonds. The Kier molecular flexibility index (Phi) is 3.70. The highest BCUT2D eigenvalue weighted by Crippen LogP contribution is 2.41. The van der Waals surface area contributed by atoms with Crippen molar-refractivity contribution < 1.29 is 19.1 Å². The van der Waals surface area contributed by atoms with Gasteiger partial charge in [0.15, 0.2) is 0 Å². The first-order valence-electron chi connectivity index (χ1n) is 7.56. The Morgan fingerprint density at radius 2 is 1.90 bits per heavy atom. The van der Waals surface area contributed by atoms with E-state index in [-0.39, 0.29) is 30.0 Å². The lowest BCUT2D eigenvalue weighted by atomic mass is 9.82. The summed E-state index contributed by atoms with van der Waals surface area (Å²) < 4.78 is 11.5. The molecular weight excluding hydrogens is 268 g/mol. The summed E-state index contributed by atoms with van der Waals surface area (Å²) >= 11 is 0. The standard InChI is InChI=1S/C17H20O4/c1-3-20-17-7-12-4-10(2)21-16(12)9-15(17)11-5-13(18)8-14(19)6-11/h7,9-11H,3-6,8H2,1-2H3. The van der Waals surface area contributed by atoms with Gasteiger partial charge in [-0.15, -0.1) is 0 Å². The van der Waals surface area contributed by atoms with Gasteiger partial charge in [0.2, 0.25) is 0 Å². The molecule has 1 unspecified atom stereocenters. The molecule has 0 spiro atoms. The molecule has 1 aliphatic heterocycles. The minimum absolute atomic E-state index is 0.0217. The van der Waals surface area contributed by atoms with Crippen LogP contribution in [-0.4, -0.2) is 24.3 Å². The monoisotopic (exact) mass is 288 g/mol. The number of ketones is 2. The van der Waals surface area contributed by atoms with E-state index in [9.17, 15) is 9.59 Å². The van der Waals surface area contributed by atoms with E-state index in [1.165, 1.54) is 0 Å². The third-order valence-corrected chi connectivity index (χ3v) is 4.11. The molecule has 0 radical (unpaired) electrons. The lowest BCUT2D eigenvalue weighted by molar-refractivity contribution is -0.130. The maximum absolute atomic E-state index is 11.7. The fourth-order valence-electron chi connectivity index (χ4n) is 3.26. The van der Waals surface area contributed by atoms with Crippen LogP contribution in [0.4, 0.5) is 0 Å². The number of fused-ring (bicyclic) bond motifs is 1. The summed E-state index contributed by atoms with van der Waals surface area (Å²) in [5, 5.41) is 0. The Bertz CT molecular complexity index is 575. The summed E-state index contributed by atoms with van der Waals surface area (Å²) in [6, 6.07) is 3.99. The van der Waals surface area contributed by atoms with Crippen LogP contribution in [0.15, 0.2) is 12.1 Å². The molecule has 1 aromatic carbocycles. The van der Waals surface area contributed by atoms with Gasteiger partial charge in [0.25, 0.3) is 0 Å². The summed E-state index contributed by atoms with van der Waals surface area (Å²) in [6.07, 6.45) is 1.96. The van der Waals surface area contributed by atoms with Gasteiger partial charge in [-0.2, -0.15) is 0 Å². The van der Waals surface area contributed by atoms with Gasteiger partial charge in [-0.25, -0.2) is 0 Å². The fraction of sp³-hybridized carbons (Fsp3) is 0.529. The zero-order chi connectivity index (χ0) is 15.0. The normalized spacial score (nSPS) is 22.1. The molecule has 1 atom stereocenters. The second kappa shape index (κ2) is 5.51. The van der Waals surface area contributed by atoms with Crippen LogP contribution < -0.4 is 9.47 Å². The predicted octanol–water partition coefficient (Wildman–Crippen LogP) is 2.81. The summed E-state index contributed by atoms with van der Waals surface area (Å²) in [5.74, 6) is 1.62. The largest absolute Gasteiger partial charge is 0.494 e. The van der Waals surface area contributed by atoms with Crippen molar-refractivity contribution in [2.45, 2.75) is 51.6 Å². The van der Waals surface area contributed by atoms with Crippen LogP contribution in [0.3, 0.4) is 0 Å². The van der Waals surface area contributed by atoms with E-state index in [1.807, 2.05) is 26.0 Å². The van der Waals surface area contributed by atoms with Crippen LogP contribution in [-0.2, 0) is 16.0 Å². The Morgan fingerprint density at radius 3 is 2.57 bits per heavy atom. The number of benzene rings is 1. The van der Waals surface area contributed by atoms with Gasteiger partial charge >= 0.3 is 0 Å². The number of ether oxygens (including phenoxy) is 2. The van der Waals surface area contributed by atoms with Crippen molar-refractivity contribution in [3.8, 4) is 11.5 Å². The Labute approximate surface area is 124 Å². The number of Topliss-reactive ketones (excluding diaryl/α,β-unsaturated/α-hetero) is 2. The van der Waals surface area contributed by atoms with Crippen molar-refractivity contribution in [3.05, 3.63) is 23.3 Å². The second-order valence-electron chi connectivity index (χ2n) is 5.92. The van der Waals surface area contributed by atoms with Gasteiger partial charge in [-0.1, -0.05) is 0 Å². The van der Waals surface area contributed by atoms with Crippen molar-refractivity contribution in [1.29, 1.82) is 0 Å². The topological polar surface area (TPSA) is 52.6 Å². The smallest absolute Gasteiger partial charge is 0.140 e. The third kappa shape index (κ3) is 2.80. The molecule has 0 aromatic heterocycles. The second-order valence-corrected chi connectivity index (χ2v) is 5.92. The maximum atomic E-state index is 11.7. The first kappa shape index (κ1) is 14.1. The summed E-state index contributed by atoms with van der Waals surface area (Å²) in [4.78, 5) is 23.4. The fourth-order valence-corrected chi connectivity index (χ4v) is 3.26. The van der Waals surface area contributed by atoms with E-state index < -0.39 is 0 Å². The highest BCUT2D eigenvalue weighted by Gasteiger charge is 2.31. The zero-order valence-corrected chi connectivity index (χ0v) is 12.5. The van der Waals surface area contributed by atoms with Crippen LogP contribution in [0.2, 0.25) is 0 Å². The molecule has 0 bridgehead atoms. The quantitative estimate of drug-likeness (QED) is 0.803. The van der Waals surface area contributed by atoms with Gasteiger partial charge in [-0.05, 0) is 26.0 Å². The zero-order valence-electron chi connectivity index (χ0n) is 12.5. The van der Waals surface area contributed by atoms with Crippen LogP contribution >= 0.6 is 0 Å². The minimum atomic E-state index is -0.0786. The van der Waals surface area contributed by atoms with Gasteiger partial charge in [0.1, 0.15) is 29.2 Å². The first-order valence-corrected chi connectivity index (χ1v) is 7.56. The van der Waals surface area contributed by atoms with Gasteiger partial charge in [0.05, 0.1) is 13.0 Å². The number of hydrogen-bond acceptors (Lipinski definition) is 4. The Hall–Kier alpha value is -1.84. The minimum Gasteiger partial charge on any atom is -0.494 e. The summed E-state index contributed by atoms with van der Waals surface area (Å²) in [5.41, 5.74) is 2.08.